The lowest BCUT2D eigenvalue weighted by Crippen LogP contribution is -2.38. The van der Waals surface area contributed by atoms with Gasteiger partial charge in [-0.2, -0.15) is 0 Å². The van der Waals surface area contributed by atoms with Crippen molar-refractivity contribution in [3.8, 4) is 0 Å². The van der Waals surface area contributed by atoms with Crippen LogP contribution in [0.4, 0.5) is 0 Å². The molecule has 16 heavy (non-hydrogen) atoms. The average Bonchev–Trinajstić information content (AvgIpc) is 2.50. The SMILES string of the molecule is CCC1CCCCCN1C(=O)/C=C/C(=O)O. The smallest absolute Gasteiger partial charge is 0.328 e. The predicted molar refractivity (Wildman–Crippen MR) is 61.0 cm³/mol. The quantitative estimate of drug-likeness (QED) is 0.745. The van der Waals surface area contributed by atoms with Crippen molar-refractivity contribution >= 4 is 11.9 Å². The second-order valence-electron chi connectivity index (χ2n) is 4.11. The molecule has 0 saturated carbocycles. The number of rotatable bonds is 3. The highest BCUT2D eigenvalue weighted by molar-refractivity contribution is 5.94. The molecule has 0 aliphatic carbocycles. The monoisotopic (exact) mass is 225 g/mol. The topological polar surface area (TPSA) is 57.6 Å². The number of nitrogens with zero attached hydrogens (tertiary/aromatic N) is 1. The Morgan fingerprint density at radius 2 is 2.06 bits per heavy atom. The third-order valence-corrected chi connectivity index (χ3v) is 3.00. The minimum absolute atomic E-state index is 0.170. The summed E-state index contributed by atoms with van der Waals surface area (Å²) in [5.41, 5.74) is 0. The summed E-state index contributed by atoms with van der Waals surface area (Å²) in [5.74, 6) is -1.24. The second-order valence-corrected chi connectivity index (χ2v) is 4.11. The number of likely N-dealkylation sites (tertiary alicyclic amines) is 1. The third-order valence-electron chi connectivity index (χ3n) is 3.00. The molecule has 1 N–H and O–H groups in total. The van der Waals surface area contributed by atoms with Gasteiger partial charge >= 0.3 is 5.97 Å². The predicted octanol–water partition coefficient (Wildman–Crippen LogP) is 1.81. The van der Waals surface area contributed by atoms with Gasteiger partial charge in [0.05, 0.1) is 0 Å². The summed E-state index contributed by atoms with van der Waals surface area (Å²) in [6, 6.07) is 0.272. The number of carbonyl (C=O) groups excluding carboxylic acids is 1. The summed E-state index contributed by atoms with van der Waals surface area (Å²) >= 11 is 0. The summed E-state index contributed by atoms with van der Waals surface area (Å²) in [7, 11) is 0. The van der Waals surface area contributed by atoms with Crippen LogP contribution in [-0.4, -0.2) is 34.5 Å². The Kier molecular flexibility index (Phi) is 5.02. The van der Waals surface area contributed by atoms with Crippen LogP contribution in [0.2, 0.25) is 0 Å². The van der Waals surface area contributed by atoms with Crippen LogP contribution in [0.3, 0.4) is 0 Å². The molecule has 0 aromatic rings. The van der Waals surface area contributed by atoms with Gasteiger partial charge in [-0.05, 0) is 19.3 Å². The lowest BCUT2D eigenvalue weighted by molar-refractivity contribution is -0.132. The standard InChI is InChI=1S/C12H19NO3/c1-2-10-6-4-3-5-9-13(10)11(14)7-8-12(15)16/h7-8,10H,2-6,9H2,1H3,(H,15,16)/b8-7+. The van der Waals surface area contributed by atoms with Crippen molar-refractivity contribution in [3.05, 3.63) is 12.2 Å². The molecule has 1 heterocycles. The lowest BCUT2D eigenvalue weighted by atomic mass is 10.1. The molecule has 1 aliphatic rings. The summed E-state index contributed by atoms with van der Waals surface area (Å²) in [4.78, 5) is 24.0. The first kappa shape index (κ1) is 12.7. The molecule has 1 rings (SSSR count). The minimum Gasteiger partial charge on any atom is -0.478 e. The zero-order valence-corrected chi connectivity index (χ0v) is 9.69. The van der Waals surface area contributed by atoms with Crippen LogP contribution < -0.4 is 0 Å². The van der Waals surface area contributed by atoms with E-state index < -0.39 is 5.97 Å². The normalized spacial score (nSPS) is 22.1. The molecule has 0 aromatic carbocycles. The van der Waals surface area contributed by atoms with Crippen molar-refractivity contribution in [2.24, 2.45) is 0 Å². The minimum atomic E-state index is -1.07. The molecule has 0 bridgehead atoms. The van der Waals surface area contributed by atoms with E-state index in [1.54, 1.807) is 0 Å². The summed E-state index contributed by atoms with van der Waals surface area (Å²) in [6.07, 6.45) is 7.38. The Bertz CT molecular complexity index is 286. The van der Waals surface area contributed by atoms with Crippen LogP contribution in [0.1, 0.15) is 39.0 Å². The Balaban J connectivity index is 2.66. The zero-order chi connectivity index (χ0) is 12.0. The van der Waals surface area contributed by atoms with E-state index >= 15 is 0 Å². The first-order valence-corrected chi connectivity index (χ1v) is 5.86. The molecule has 4 heteroatoms. The maximum absolute atomic E-state index is 11.8. The highest BCUT2D eigenvalue weighted by Crippen LogP contribution is 2.19. The molecule has 0 aromatic heterocycles. The molecule has 0 radical (unpaired) electrons. The molecule has 1 saturated heterocycles. The molecule has 1 atom stereocenters. The van der Waals surface area contributed by atoms with E-state index in [9.17, 15) is 9.59 Å². The van der Waals surface area contributed by atoms with Crippen molar-refractivity contribution in [3.63, 3.8) is 0 Å². The first-order valence-electron chi connectivity index (χ1n) is 5.86. The number of hydrogen-bond acceptors (Lipinski definition) is 2. The maximum atomic E-state index is 11.8. The van der Waals surface area contributed by atoms with E-state index in [2.05, 4.69) is 6.92 Å². The number of carbonyl (C=O) groups is 2. The van der Waals surface area contributed by atoms with Crippen molar-refractivity contribution in [1.29, 1.82) is 0 Å². The number of carboxylic acid groups (broad SMARTS) is 1. The number of aliphatic carboxylic acids is 1. The van der Waals surface area contributed by atoms with Crippen LogP contribution in [0.25, 0.3) is 0 Å². The van der Waals surface area contributed by atoms with Gasteiger partial charge in [-0.1, -0.05) is 19.8 Å². The molecular formula is C12H19NO3. The van der Waals surface area contributed by atoms with E-state index in [1.165, 1.54) is 0 Å². The van der Waals surface area contributed by atoms with Crippen LogP contribution in [0.15, 0.2) is 12.2 Å². The van der Waals surface area contributed by atoms with Crippen LogP contribution in [0.5, 0.6) is 0 Å². The largest absolute Gasteiger partial charge is 0.478 e. The van der Waals surface area contributed by atoms with Crippen LogP contribution in [-0.2, 0) is 9.59 Å². The number of carboxylic acids is 1. The molecular weight excluding hydrogens is 206 g/mol. The molecule has 0 spiro atoms. The molecule has 4 nitrogen and oxygen atoms in total. The molecule has 1 aliphatic heterocycles. The molecule has 1 unspecified atom stereocenters. The van der Waals surface area contributed by atoms with Crippen LogP contribution >= 0.6 is 0 Å². The number of hydrogen-bond donors (Lipinski definition) is 1. The van der Waals surface area contributed by atoms with Gasteiger partial charge in [0.25, 0.3) is 0 Å². The molecule has 1 fully saturated rings. The number of amides is 1. The van der Waals surface area contributed by atoms with E-state index in [4.69, 9.17) is 5.11 Å². The highest BCUT2D eigenvalue weighted by atomic mass is 16.4. The Morgan fingerprint density at radius 3 is 2.69 bits per heavy atom. The third kappa shape index (κ3) is 3.68. The van der Waals surface area contributed by atoms with Gasteiger partial charge in [0.15, 0.2) is 0 Å². The summed E-state index contributed by atoms with van der Waals surface area (Å²) in [6.45, 7) is 2.82. The zero-order valence-electron chi connectivity index (χ0n) is 9.69. The summed E-state index contributed by atoms with van der Waals surface area (Å²) in [5, 5.41) is 8.48. The molecule has 1 amide bonds. The van der Waals surface area contributed by atoms with Gasteiger partial charge in [0, 0.05) is 24.7 Å². The van der Waals surface area contributed by atoms with Gasteiger partial charge in [0.2, 0.25) is 5.91 Å². The van der Waals surface area contributed by atoms with Crippen LogP contribution in [0, 0.1) is 0 Å². The van der Waals surface area contributed by atoms with E-state index in [0.717, 1.165) is 50.8 Å². The average molecular weight is 225 g/mol. The van der Waals surface area contributed by atoms with Gasteiger partial charge in [0.1, 0.15) is 0 Å². The van der Waals surface area contributed by atoms with Crippen molar-refractivity contribution in [1.82, 2.24) is 4.90 Å². The van der Waals surface area contributed by atoms with Crippen molar-refractivity contribution in [2.45, 2.75) is 45.1 Å². The van der Waals surface area contributed by atoms with Gasteiger partial charge in [-0.25, -0.2) is 4.79 Å². The van der Waals surface area contributed by atoms with E-state index in [-0.39, 0.29) is 11.9 Å². The van der Waals surface area contributed by atoms with Gasteiger partial charge < -0.3 is 10.0 Å². The lowest BCUT2D eigenvalue weighted by Gasteiger charge is -2.28. The highest BCUT2D eigenvalue weighted by Gasteiger charge is 2.22. The Labute approximate surface area is 95.9 Å². The Morgan fingerprint density at radius 1 is 1.31 bits per heavy atom. The van der Waals surface area contributed by atoms with Gasteiger partial charge in [-0.3, -0.25) is 4.79 Å². The van der Waals surface area contributed by atoms with Crippen molar-refractivity contribution < 1.29 is 14.7 Å². The fraction of sp³-hybridized carbons (Fsp3) is 0.667. The van der Waals surface area contributed by atoms with Crippen molar-refractivity contribution in [2.75, 3.05) is 6.54 Å². The summed E-state index contributed by atoms with van der Waals surface area (Å²) < 4.78 is 0. The van der Waals surface area contributed by atoms with E-state index in [0.29, 0.717) is 0 Å². The fourth-order valence-corrected chi connectivity index (χ4v) is 2.13. The maximum Gasteiger partial charge on any atom is 0.328 e. The first-order chi connectivity index (χ1) is 7.65. The molecule has 90 valence electrons. The second kappa shape index (κ2) is 6.30. The van der Waals surface area contributed by atoms with Gasteiger partial charge in [-0.15, -0.1) is 0 Å². The van der Waals surface area contributed by atoms with E-state index in [1.807, 2.05) is 4.90 Å². The Hall–Kier alpha value is -1.32. The fourth-order valence-electron chi connectivity index (χ4n) is 2.13.